The summed E-state index contributed by atoms with van der Waals surface area (Å²) in [6, 6.07) is 8.18. The maximum Gasteiger partial charge on any atom is 0.252 e. The number of nitroso groups, excluding NO2 is 1. The van der Waals surface area contributed by atoms with E-state index in [4.69, 9.17) is 14.0 Å². The first kappa shape index (κ1) is 12.4. The van der Waals surface area contributed by atoms with E-state index in [1.165, 1.54) is 6.07 Å². The lowest BCUT2D eigenvalue weighted by atomic mass is 10.0. The molecule has 1 amide bonds. The number of benzene rings is 2. The number of aliphatic hydroxyl groups excluding tert-OH is 1. The van der Waals surface area contributed by atoms with Crippen LogP contribution in [0.5, 0.6) is 5.75 Å². The summed E-state index contributed by atoms with van der Waals surface area (Å²) < 4.78 is 48.7. The van der Waals surface area contributed by atoms with Crippen LogP contribution in [0.25, 0.3) is 0 Å². The van der Waals surface area contributed by atoms with E-state index in [0.29, 0.717) is 5.56 Å². The molecule has 138 valence electrons. The summed E-state index contributed by atoms with van der Waals surface area (Å²) >= 11 is 0. The first-order chi connectivity index (χ1) is 14.7. The Morgan fingerprint density at radius 3 is 2.73 bits per heavy atom. The standard InChI is InChI=1S/C19H23N3O4/c1-13(7-8-14-5-3-2-4-6-14)22(21-26)12-18(24)15-9-10-17(23)16(11-15)19(20)25/h2-6,9-11,13,18,23-24H,7-8,12H2,1H3,(H2,20,25)/i1D3,7D2,13D. The topological polar surface area (TPSA) is 116 Å². The molecule has 7 nitrogen and oxygen atoms in total. The van der Waals surface area contributed by atoms with Crippen LogP contribution in [0.2, 0.25) is 0 Å². The van der Waals surface area contributed by atoms with Crippen LogP contribution < -0.4 is 5.73 Å². The molecule has 0 heterocycles. The second kappa shape index (κ2) is 8.96. The molecule has 4 N–H and O–H groups in total. The molecule has 2 rings (SSSR count). The largest absolute Gasteiger partial charge is 0.507 e. The van der Waals surface area contributed by atoms with Crippen molar-refractivity contribution in [1.29, 1.82) is 0 Å². The molecule has 0 saturated carbocycles. The molecule has 0 radical (unpaired) electrons. The molecule has 0 aliphatic carbocycles. The highest BCUT2D eigenvalue weighted by molar-refractivity contribution is 5.95. The number of aliphatic hydroxyl groups is 1. The Morgan fingerprint density at radius 1 is 1.38 bits per heavy atom. The van der Waals surface area contributed by atoms with E-state index in [1.807, 2.05) is 0 Å². The molecule has 2 aromatic rings. The van der Waals surface area contributed by atoms with Gasteiger partial charge in [0.15, 0.2) is 0 Å². The molecular formula is C19H23N3O4. The van der Waals surface area contributed by atoms with Crippen LogP contribution in [0.15, 0.2) is 53.8 Å². The molecule has 7 heteroatoms. The van der Waals surface area contributed by atoms with Crippen LogP contribution in [0.4, 0.5) is 0 Å². The third-order valence-electron chi connectivity index (χ3n) is 3.68. The summed E-state index contributed by atoms with van der Waals surface area (Å²) in [7, 11) is 0. The van der Waals surface area contributed by atoms with Crippen molar-refractivity contribution < 1.29 is 23.2 Å². The molecule has 26 heavy (non-hydrogen) atoms. The Labute approximate surface area is 160 Å². The molecule has 0 aliphatic rings. The second-order valence-corrected chi connectivity index (χ2v) is 5.51. The second-order valence-electron chi connectivity index (χ2n) is 5.51. The van der Waals surface area contributed by atoms with Crippen molar-refractivity contribution in [1.82, 2.24) is 5.01 Å². The van der Waals surface area contributed by atoms with Crippen molar-refractivity contribution in [3.63, 3.8) is 0 Å². The predicted octanol–water partition coefficient (Wildman–Crippen LogP) is 2.53. The zero-order valence-corrected chi connectivity index (χ0v) is 13.8. The summed E-state index contributed by atoms with van der Waals surface area (Å²) in [4.78, 5) is 23.0. The molecule has 2 unspecified atom stereocenters. The van der Waals surface area contributed by atoms with Gasteiger partial charge in [0.1, 0.15) is 5.75 Å². The Balaban J connectivity index is 2.43. The molecule has 0 spiro atoms. The Kier molecular flexibility index (Phi) is 4.28. The van der Waals surface area contributed by atoms with Crippen LogP contribution in [0, 0.1) is 4.91 Å². The van der Waals surface area contributed by atoms with Gasteiger partial charge >= 0.3 is 0 Å². The quantitative estimate of drug-likeness (QED) is 0.467. The average Bonchev–Trinajstić information content (AvgIpc) is 2.70. The van der Waals surface area contributed by atoms with Gasteiger partial charge in [0.25, 0.3) is 5.91 Å². The molecule has 0 fully saturated rings. The van der Waals surface area contributed by atoms with Crippen LogP contribution in [0.1, 0.15) is 49.0 Å². The smallest absolute Gasteiger partial charge is 0.252 e. The van der Waals surface area contributed by atoms with Crippen LogP contribution >= 0.6 is 0 Å². The van der Waals surface area contributed by atoms with Gasteiger partial charge in [-0.15, -0.1) is 4.91 Å². The monoisotopic (exact) mass is 363 g/mol. The van der Waals surface area contributed by atoms with Crippen molar-refractivity contribution in [3.05, 3.63) is 70.1 Å². The lowest BCUT2D eigenvalue weighted by Gasteiger charge is -2.25. The minimum atomic E-state index is -3.34. The van der Waals surface area contributed by atoms with Crippen molar-refractivity contribution >= 4 is 5.91 Å². The van der Waals surface area contributed by atoms with E-state index in [0.717, 1.165) is 12.1 Å². The van der Waals surface area contributed by atoms with Crippen molar-refractivity contribution in [2.45, 2.75) is 31.8 Å². The maximum atomic E-state index is 11.6. The van der Waals surface area contributed by atoms with Crippen molar-refractivity contribution in [2.75, 3.05) is 6.54 Å². The zero-order chi connectivity index (χ0) is 24.3. The summed E-state index contributed by atoms with van der Waals surface area (Å²) in [6.07, 6.45) is -4.98. The molecule has 0 aromatic heterocycles. The van der Waals surface area contributed by atoms with Gasteiger partial charge in [0, 0.05) is 12.9 Å². The van der Waals surface area contributed by atoms with Crippen molar-refractivity contribution in [3.8, 4) is 5.75 Å². The summed E-state index contributed by atoms with van der Waals surface area (Å²) in [5.41, 5.74) is 5.21. The van der Waals surface area contributed by atoms with E-state index in [-0.39, 0.29) is 16.1 Å². The molecule has 0 saturated heterocycles. The van der Waals surface area contributed by atoms with Gasteiger partial charge in [0.05, 0.1) is 24.9 Å². The normalized spacial score (nSPS) is 18.7. The number of aryl methyl sites for hydroxylation is 1. The fraction of sp³-hybridized carbons (Fsp3) is 0.316. The fourth-order valence-corrected chi connectivity index (χ4v) is 2.27. The van der Waals surface area contributed by atoms with E-state index in [1.54, 1.807) is 30.3 Å². The third-order valence-corrected chi connectivity index (χ3v) is 3.68. The number of carbonyl (C=O) groups is 1. The highest BCUT2D eigenvalue weighted by Crippen LogP contribution is 2.24. The number of nitrogens with zero attached hydrogens (tertiary/aromatic N) is 2. The average molecular weight is 363 g/mol. The lowest BCUT2D eigenvalue weighted by Crippen LogP contribution is -2.32. The van der Waals surface area contributed by atoms with E-state index in [2.05, 4.69) is 5.29 Å². The number of phenols is 1. The maximum absolute atomic E-state index is 11.6. The molecule has 2 aromatic carbocycles. The van der Waals surface area contributed by atoms with Gasteiger partial charge in [-0.1, -0.05) is 36.4 Å². The van der Waals surface area contributed by atoms with Gasteiger partial charge in [-0.2, -0.15) is 0 Å². The Bertz CT molecular complexity index is 973. The minimum Gasteiger partial charge on any atom is -0.507 e. The summed E-state index contributed by atoms with van der Waals surface area (Å²) in [6.45, 7) is -4.21. The first-order valence-corrected chi connectivity index (χ1v) is 7.70. The number of primary amides is 1. The summed E-state index contributed by atoms with van der Waals surface area (Å²) in [5.74, 6) is -1.44. The van der Waals surface area contributed by atoms with Gasteiger partial charge in [-0.05, 0) is 42.9 Å². The molecule has 0 aliphatic heterocycles. The minimum absolute atomic E-state index is 0.0261. The van der Waals surface area contributed by atoms with E-state index < -0.39 is 50.0 Å². The number of hydrogen-bond donors (Lipinski definition) is 3. The number of nitrogens with two attached hydrogens (primary N) is 1. The van der Waals surface area contributed by atoms with Crippen LogP contribution in [0.3, 0.4) is 0 Å². The van der Waals surface area contributed by atoms with E-state index >= 15 is 0 Å². The Morgan fingerprint density at radius 2 is 2.12 bits per heavy atom. The highest BCUT2D eigenvalue weighted by atomic mass is 16.3. The van der Waals surface area contributed by atoms with E-state index in [9.17, 15) is 19.9 Å². The molecule has 2 atom stereocenters. The van der Waals surface area contributed by atoms with Gasteiger partial charge in [-0.3, -0.25) is 9.80 Å². The SMILES string of the molecule is [2H]C([2H])([2H])C([2H])(N(CC(O)c1ccc(O)c(C(N)=O)c1)N=O)C([2H])([2H])Cc1ccccc1. The number of carbonyl (C=O) groups excluding carboxylic acids is 1. The molecular weight excluding hydrogens is 334 g/mol. The first-order valence-electron chi connectivity index (χ1n) is 10.7. The number of amides is 1. The van der Waals surface area contributed by atoms with Gasteiger partial charge < -0.3 is 15.9 Å². The lowest BCUT2D eigenvalue weighted by molar-refractivity contribution is 0.0892. The molecule has 0 bridgehead atoms. The van der Waals surface area contributed by atoms with Gasteiger partial charge in [-0.25, -0.2) is 0 Å². The van der Waals surface area contributed by atoms with Crippen molar-refractivity contribution in [2.24, 2.45) is 11.0 Å². The fourth-order valence-electron chi connectivity index (χ4n) is 2.27. The third kappa shape index (κ3) is 5.03. The zero-order valence-electron chi connectivity index (χ0n) is 19.8. The van der Waals surface area contributed by atoms with Crippen LogP contribution in [-0.4, -0.2) is 33.7 Å². The highest BCUT2D eigenvalue weighted by Gasteiger charge is 2.20. The van der Waals surface area contributed by atoms with Gasteiger partial charge in [0.2, 0.25) is 0 Å². The number of aromatic hydroxyl groups is 1. The number of hydrogen-bond acceptors (Lipinski definition) is 5. The summed E-state index contributed by atoms with van der Waals surface area (Å²) in [5, 5.41) is 22.9. The van der Waals surface area contributed by atoms with Crippen LogP contribution in [-0.2, 0) is 6.42 Å². The Hall–Kier alpha value is -2.93. The predicted molar refractivity (Wildman–Crippen MR) is 98.3 cm³/mol. The number of rotatable bonds is 9.